The molecule has 7 nitrogen and oxygen atoms in total. The predicted molar refractivity (Wildman–Crippen MR) is 118 cm³/mol. The summed E-state index contributed by atoms with van der Waals surface area (Å²) in [5.41, 5.74) is 2.13. The zero-order valence-electron chi connectivity index (χ0n) is 17.9. The van der Waals surface area contributed by atoms with Crippen LogP contribution in [0.4, 0.5) is 11.6 Å². The molecule has 4 rings (SSSR count). The molecule has 2 aliphatic heterocycles. The summed E-state index contributed by atoms with van der Waals surface area (Å²) in [4.78, 5) is 26.4. The second kappa shape index (κ2) is 9.32. The summed E-state index contributed by atoms with van der Waals surface area (Å²) in [6.45, 7) is 5.82. The lowest BCUT2D eigenvalue weighted by atomic mass is 9.95. The molecule has 160 valence electrons. The Balaban J connectivity index is 1.27. The number of hydrogen-bond acceptors (Lipinski definition) is 6. The molecule has 0 radical (unpaired) electrons. The molecule has 1 N–H and O–H groups in total. The van der Waals surface area contributed by atoms with E-state index in [1.165, 1.54) is 12.8 Å². The maximum absolute atomic E-state index is 12.8. The number of rotatable bonds is 6. The first-order valence-electron chi connectivity index (χ1n) is 10.9. The molecule has 1 atom stereocenters. The van der Waals surface area contributed by atoms with Crippen molar-refractivity contribution in [2.75, 3.05) is 43.1 Å². The van der Waals surface area contributed by atoms with E-state index in [0.29, 0.717) is 0 Å². The van der Waals surface area contributed by atoms with Crippen LogP contribution in [0.3, 0.4) is 0 Å². The molecule has 0 saturated carbocycles. The fraction of sp³-hybridized carbons (Fsp3) is 0.522. The number of nitrogens with one attached hydrogen (secondary N) is 1. The third-order valence-corrected chi connectivity index (χ3v) is 6.22. The van der Waals surface area contributed by atoms with E-state index in [0.717, 1.165) is 62.0 Å². The Bertz CT molecular complexity index is 826. The Labute approximate surface area is 178 Å². The minimum Gasteiger partial charge on any atom is -0.497 e. The number of piperidine rings is 1. The Kier molecular flexibility index (Phi) is 6.35. The molecule has 1 amide bonds. The number of carbonyl (C=O) groups excluding carboxylic acids is 1. The smallest absolute Gasteiger partial charge is 0.225 e. The van der Waals surface area contributed by atoms with Gasteiger partial charge in [-0.2, -0.15) is 0 Å². The first kappa shape index (κ1) is 20.4. The molecule has 1 unspecified atom stereocenters. The molecule has 0 bridgehead atoms. The number of hydrogen-bond donors (Lipinski definition) is 1. The Morgan fingerprint density at radius 1 is 1.03 bits per heavy atom. The van der Waals surface area contributed by atoms with Crippen LogP contribution in [0, 0.1) is 5.92 Å². The minimum absolute atomic E-state index is 0.0204. The summed E-state index contributed by atoms with van der Waals surface area (Å²) < 4.78 is 5.20. The highest BCUT2D eigenvalue weighted by atomic mass is 16.5. The highest BCUT2D eigenvalue weighted by molar-refractivity contribution is 5.79. The van der Waals surface area contributed by atoms with Gasteiger partial charge in [0.1, 0.15) is 5.75 Å². The van der Waals surface area contributed by atoms with Crippen molar-refractivity contribution < 1.29 is 9.53 Å². The fourth-order valence-electron chi connectivity index (χ4n) is 4.27. The van der Waals surface area contributed by atoms with Gasteiger partial charge in [0.05, 0.1) is 31.2 Å². The van der Waals surface area contributed by atoms with Crippen LogP contribution in [0.15, 0.2) is 36.7 Å². The van der Waals surface area contributed by atoms with Gasteiger partial charge < -0.3 is 19.9 Å². The third-order valence-electron chi connectivity index (χ3n) is 6.22. The van der Waals surface area contributed by atoms with Crippen molar-refractivity contribution in [1.29, 1.82) is 0 Å². The molecule has 1 aromatic heterocycles. The average Bonchev–Trinajstić information content (AvgIpc) is 3.34. The van der Waals surface area contributed by atoms with E-state index in [1.807, 2.05) is 43.6 Å². The van der Waals surface area contributed by atoms with Gasteiger partial charge in [-0.3, -0.25) is 4.79 Å². The van der Waals surface area contributed by atoms with Gasteiger partial charge in [0.25, 0.3) is 0 Å². The Morgan fingerprint density at radius 2 is 1.67 bits per heavy atom. The number of anilines is 2. The van der Waals surface area contributed by atoms with Crippen molar-refractivity contribution in [1.82, 2.24) is 15.3 Å². The monoisotopic (exact) mass is 409 g/mol. The summed E-state index contributed by atoms with van der Waals surface area (Å²) in [6.07, 6.45) is 7.97. The maximum Gasteiger partial charge on any atom is 0.225 e. The molecule has 2 fully saturated rings. The van der Waals surface area contributed by atoms with Crippen molar-refractivity contribution >= 4 is 17.5 Å². The normalized spacial score (nSPS) is 18.3. The first-order valence-corrected chi connectivity index (χ1v) is 10.9. The zero-order valence-corrected chi connectivity index (χ0v) is 17.9. The summed E-state index contributed by atoms with van der Waals surface area (Å²) in [5, 5.41) is 3.17. The van der Waals surface area contributed by atoms with Gasteiger partial charge in [-0.25, -0.2) is 9.97 Å². The molecular weight excluding hydrogens is 378 g/mol. The zero-order chi connectivity index (χ0) is 20.9. The molecule has 3 heterocycles. The SMILES string of the molecule is COc1ccc(C(C)NC(=O)C2CCN(c3cnc(N4CCCC4)nc3)CC2)cc1. The minimum atomic E-state index is -0.0204. The molecule has 30 heavy (non-hydrogen) atoms. The van der Waals surface area contributed by atoms with Crippen molar-refractivity contribution in [3.8, 4) is 5.75 Å². The molecule has 2 aliphatic rings. The predicted octanol–water partition coefficient (Wildman–Crippen LogP) is 3.18. The van der Waals surface area contributed by atoms with E-state index in [9.17, 15) is 4.79 Å². The van der Waals surface area contributed by atoms with Crippen LogP contribution in [0.2, 0.25) is 0 Å². The van der Waals surface area contributed by atoms with E-state index in [1.54, 1.807) is 7.11 Å². The van der Waals surface area contributed by atoms with Crippen molar-refractivity contribution in [3.63, 3.8) is 0 Å². The summed E-state index contributed by atoms with van der Waals surface area (Å²) in [5.74, 6) is 1.84. The summed E-state index contributed by atoms with van der Waals surface area (Å²) in [6, 6.07) is 7.82. The lowest BCUT2D eigenvalue weighted by Crippen LogP contribution is -2.41. The number of methoxy groups -OCH3 is 1. The second-order valence-electron chi connectivity index (χ2n) is 8.20. The number of aromatic nitrogens is 2. The van der Waals surface area contributed by atoms with Gasteiger partial charge in [-0.1, -0.05) is 12.1 Å². The van der Waals surface area contributed by atoms with E-state index >= 15 is 0 Å². The van der Waals surface area contributed by atoms with Crippen LogP contribution in [-0.4, -0.2) is 49.2 Å². The molecule has 7 heteroatoms. The van der Waals surface area contributed by atoms with Gasteiger partial charge >= 0.3 is 0 Å². The van der Waals surface area contributed by atoms with Crippen molar-refractivity contribution in [2.24, 2.45) is 5.92 Å². The fourth-order valence-corrected chi connectivity index (χ4v) is 4.27. The van der Waals surface area contributed by atoms with Gasteiger partial charge in [-0.05, 0) is 50.3 Å². The largest absolute Gasteiger partial charge is 0.497 e. The molecule has 1 aromatic carbocycles. The second-order valence-corrected chi connectivity index (χ2v) is 8.20. The lowest BCUT2D eigenvalue weighted by Gasteiger charge is -2.33. The summed E-state index contributed by atoms with van der Waals surface area (Å²) >= 11 is 0. The van der Waals surface area contributed by atoms with Crippen LogP contribution >= 0.6 is 0 Å². The number of ether oxygens (including phenoxy) is 1. The van der Waals surface area contributed by atoms with Gasteiger partial charge in [-0.15, -0.1) is 0 Å². The Morgan fingerprint density at radius 3 is 2.27 bits per heavy atom. The molecule has 2 aromatic rings. The van der Waals surface area contributed by atoms with Gasteiger partial charge in [0.2, 0.25) is 11.9 Å². The summed E-state index contributed by atoms with van der Waals surface area (Å²) in [7, 11) is 1.65. The van der Waals surface area contributed by atoms with E-state index in [-0.39, 0.29) is 17.9 Å². The van der Waals surface area contributed by atoms with Crippen molar-refractivity contribution in [2.45, 2.75) is 38.6 Å². The highest BCUT2D eigenvalue weighted by Gasteiger charge is 2.26. The molecule has 0 spiro atoms. The topological polar surface area (TPSA) is 70.6 Å². The molecule has 0 aliphatic carbocycles. The van der Waals surface area contributed by atoms with Crippen LogP contribution in [0.25, 0.3) is 0 Å². The lowest BCUT2D eigenvalue weighted by molar-refractivity contribution is -0.126. The van der Waals surface area contributed by atoms with E-state index < -0.39 is 0 Å². The van der Waals surface area contributed by atoms with Crippen molar-refractivity contribution in [3.05, 3.63) is 42.2 Å². The highest BCUT2D eigenvalue weighted by Crippen LogP contribution is 2.25. The number of nitrogens with zero attached hydrogens (tertiary/aromatic N) is 4. The number of amides is 1. The van der Waals surface area contributed by atoms with Gasteiger partial charge in [0.15, 0.2) is 0 Å². The standard InChI is InChI=1S/C23H31N5O2/c1-17(18-5-7-21(30-2)8-6-18)26-22(29)19-9-13-27(14-10-19)20-15-24-23(25-16-20)28-11-3-4-12-28/h5-8,15-17,19H,3-4,9-14H2,1-2H3,(H,26,29). The van der Waals surface area contributed by atoms with Gasteiger partial charge in [0, 0.05) is 32.1 Å². The third kappa shape index (κ3) is 4.66. The van der Waals surface area contributed by atoms with Crippen LogP contribution in [-0.2, 0) is 4.79 Å². The Hall–Kier alpha value is -2.83. The van der Waals surface area contributed by atoms with Crippen LogP contribution in [0.5, 0.6) is 5.75 Å². The average molecular weight is 410 g/mol. The molecule has 2 saturated heterocycles. The maximum atomic E-state index is 12.8. The van der Waals surface area contributed by atoms with E-state index in [2.05, 4.69) is 25.1 Å². The van der Waals surface area contributed by atoms with Crippen LogP contribution < -0.4 is 19.9 Å². The number of benzene rings is 1. The first-order chi connectivity index (χ1) is 14.6. The molecular formula is C23H31N5O2. The van der Waals surface area contributed by atoms with E-state index in [4.69, 9.17) is 4.74 Å². The van der Waals surface area contributed by atoms with Crippen LogP contribution in [0.1, 0.15) is 44.2 Å². The number of carbonyl (C=O) groups is 1. The quantitative estimate of drug-likeness (QED) is 0.790.